The Morgan fingerprint density at radius 3 is 2.24 bits per heavy atom. The first-order valence-electron chi connectivity index (χ1n) is 12.2. The van der Waals surface area contributed by atoms with Gasteiger partial charge in [0.2, 0.25) is 5.95 Å². The molecule has 1 saturated heterocycles. The number of anilines is 1. The number of nitrogens with zero attached hydrogens (tertiary/aromatic N) is 3. The number of hydrogen-bond acceptors (Lipinski definition) is 19. The molecule has 0 radical (unpaired) electrons. The van der Waals surface area contributed by atoms with Crippen molar-refractivity contribution in [3.63, 3.8) is 0 Å². The first-order valence-corrected chi connectivity index (χ1v) is 18.2. The van der Waals surface area contributed by atoms with E-state index in [0.29, 0.717) is 19.8 Å². The molecule has 0 aromatic carbocycles. The van der Waals surface area contributed by atoms with Gasteiger partial charge in [-0.25, -0.2) is 23.2 Å². The van der Waals surface area contributed by atoms with E-state index < -0.39 is 68.1 Å². The van der Waals surface area contributed by atoms with Crippen LogP contribution < -0.4 is 17.0 Å². The molecule has 3 rings (SSSR count). The fraction of sp³-hybridized carbons (Fsp3) is 0.688. The number of aromatic amines is 1. The summed E-state index contributed by atoms with van der Waals surface area (Å²) in [7, 11) is -23.2. The van der Waals surface area contributed by atoms with Gasteiger partial charge < -0.3 is 65.5 Å². The lowest BCUT2D eigenvalue weighted by molar-refractivity contribution is -0.0423. The van der Waals surface area contributed by atoms with Crippen molar-refractivity contribution in [3.05, 3.63) is 16.7 Å². The van der Waals surface area contributed by atoms with Gasteiger partial charge in [-0.3, -0.25) is 18.9 Å². The summed E-state index contributed by atoms with van der Waals surface area (Å²) < 4.78 is 76.9. The number of imidazole rings is 1. The van der Waals surface area contributed by atoms with E-state index in [4.69, 9.17) is 50.6 Å². The molecule has 0 saturated carbocycles. The van der Waals surface area contributed by atoms with Crippen LogP contribution in [0.4, 0.5) is 5.95 Å². The van der Waals surface area contributed by atoms with E-state index >= 15 is 0 Å². The summed E-state index contributed by atoms with van der Waals surface area (Å²) in [6, 6.07) is 0. The van der Waals surface area contributed by atoms with Crippen LogP contribution in [0.15, 0.2) is 11.1 Å². The summed E-state index contributed by atoms with van der Waals surface area (Å²) in [6.45, 7) is 0.294. The Bertz CT molecular complexity index is 1530. The quantitative estimate of drug-likeness (QED) is 0.0438. The number of aromatic nitrogens is 4. The lowest BCUT2D eigenvalue weighted by Crippen LogP contribution is -2.26. The van der Waals surface area contributed by atoms with Crippen LogP contribution in [0.2, 0.25) is 0 Å². The van der Waals surface area contributed by atoms with Crippen molar-refractivity contribution in [1.82, 2.24) is 19.5 Å². The lowest BCUT2D eigenvalue weighted by Gasteiger charge is -2.20. The topological polar surface area (TPSA) is 410 Å². The zero-order valence-electron chi connectivity index (χ0n) is 23.1. The lowest BCUT2D eigenvalue weighted by atomic mass is 10.2. The molecule has 1 aliphatic rings. The number of ether oxygens (including phenoxy) is 3. The van der Waals surface area contributed by atoms with Crippen molar-refractivity contribution in [2.24, 2.45) is 5.73 Å². The van der Waals surface area contributed by atoms with Gasteiger partial charge in [0.1, 0.15) is 18.6 Å². The fourth-order valence-corrected chi connectivity index (χ4v) is 7.76. The van der Waals surface area contributed by atoms with Crippen LogP contribution >= 0.6 is 31.3 Å². The van der Waals surface area contributed by atoms with Gasteiger partial charge in [0, 0.05) is 6.42 Å². The first-order chi connectivity index (χ1) is 21.1. The number of nitrogens with two attached hydrogens (primary N) is 2. The standard InChI is InChI=1S/C10H17N5O16P4.C6H15NO4/c11-10-13-8-7(9(17)14-10)12-3-15(8)6-1-4(16)5(28-6)2-27-33(21,22)30-35(25,26)31-34(23,24)29-32(18,19)20;7-6(9)5-11-4-3-10-2-1-8/h3-6,16H,1-2H2,(H,21,22)(H,23,24)(H,25,26)(H2,18,19,20)(H3,11,13,14,17);6,8-9H,1-5,7H2/t4-,5+,6+;/m0./s1. The molecule has 3 heterocycles. The molecule has 1 aliphatic heterocycles. The number of aliphatic hydroxyl groups is 3. The molecule has 4 unspecified atom stereocenters. The van der Waals surface area contributed by atoms with E-state index in [1.54, 1.807) is 0 Å². The van der Waals surface area contributed by atoms with E-state index in [1.165, 1.54) is 10.9 Å². The normalized spacial score (nSPS) is 23.2. The van der Waals surface area contributed by atoms with E-state index in [0.717, 1.165) is 0 Å². The highest BCUT2D eigenvalue weighted by Gasteiger charge is 2.46. The predicted molar refractivity (Wildman–Crippen MR) is 147 cm³/mol. The average molecular weight is 752 g/mol. The van der Waals surface area contributed by atoms with Crippen LogP contribution in [0.1, 0.15) is 12.6 Å². The minimum atomic E-state index is -5.97. The van der Waals surface area contributed by atoms with Gasteiger partial charge in [0.25, 0.3) is 5.56 Å². The molecule has 13 N–H and O–H groups in total. The number of nitrogen functional groups attached to an aromatic ring is 1. The van der Waals surface area contributed by atoms with Crippen LogP contribution in [-0.4, -0.2) is 117 Å². The molecule has 0 amide bonds. The van der Waals surface area contributed by atoms with Crippen molar-refractivity contribution >= 4 is 48.4 Å². The van der Waals surface area contributed by atoms with Gasteiger partial charge >= 0.3 is 31.3 Å². The van der Waals surface area contributed by atoms with Crippen molar-refractivity contribution in [3.8, 4) is 0 Å². The Morgan fingerprint density at radius 1 is 1.02 bits per heavy atom. The van der Waals surface area contributed by atoms with Crippen LogP contribution in [-0.2, 0) is 49.9 Å². The molecule has 2 aromatic heterocycles. The van der Waals surface area contributed by atoms with Gasteiger partial charge in [-0.05, 0) is 0 Å². The molecule has 0 aliphatic carbocycles. The first kappa shape index (κ1) is 40.6. The van der Waals surface area contributed by atoms with Gasteiger partial charge in [-0.2, -0.15) is 17.9 Å². The maximum absolute atomic E-state index is 11.9. The molecule has 46 heavy (non-hydrogen) atoms. The number of rotatable bonds is 17. The minimum absolute atomic E-state index is 0.00510. The maximum Gasteiger partial charge on any atom is 0.490 e. The molecule has 0 bridgehead atoms. The Morgan fingerprint density at radius 2 is 1.63 bits per heavy atom. The summed E-state index contributed by atoms with van der Waals surface area (Å²) in [5.41, 5.74) is 9.75. The van der Waals surface area contributed by atoms with Crippen LogP contribution in [0.5, 0.6) is 0 Å². The number of phosphoric acid groups is 4. The Hall–Kier alpha value is -1.57. The third kappa shape index (κ3) is 14.3. The monoisotopic (exact) mass is 752 g/mol. The van der Waals surface area contributed by atoms with Gasteiger partial charge in [-0.1, -0.05) is 0 Å². The molecule has 266 valence electrons. The van der Waals surface area contributed by atoms with E-state index in [1.807, 2.05) is 0 Å². The predicted octanol–water partition coefficient (Wildman–Crippen LogP) is -2.90. The molecule has 26 nitrogen and oxygen atoms in total. The van der Waals surface area contributed by atoms with Crippen molar-refractivity contribution < 1.29 is 89.7 Å². The molecular weight excluding hydrogens is 720 g/mol. The second-order valence-corrected chi connectivity index (χ2v) is 14.6. The van der Waals surface area contributed by atoms with Crippen LogP contribution in [0.3, 0.4) is 0 Å². The van der Waals surface area contributed by atoms with Crippen molar-refractivity contribution in [2.75, 3.05) is 45.4 Å². The third-order valence-corrected chi connectivity index (χ3v) is 10.3. The number of aliphatic hydroxyl groups excluding tert-OH is 3. The number of hydrogen-bond donors (Lipinski definition) is 11. The second kappa shape index (κ2) is 17.2. The summed E-state index contributed by atoms with van der Waals surface area (Å²) in [6.07, 6.45) is -3.61. The molecule has 30 heteroatoms. The zero-order chi connectivity index (χ0) is 34.9. The summed E-state index contributed by atoms with van der Waals surface area (Å²) in [4.78, 5) is 66.8. The van der Waals surface area contributed by atoms with Gasteiger partial charge in [0.05, 0.1) is 52.1 Å². The second-order valence-electron chi connectivity index (χ2n) is 8.62. The average Bonchev–Trinajstić information content (AvgIpc) is 3.45. The largest absolute Gasteiger partial charge is 0.490 e. The third-order valence-electron chi connectivity index (χ3n) is 4.89. The van der Waals surface area contributed by atoms with E-state index in [-0.39, 0.29) is 36.7 Å². The Labute approximate surface area is 256 Å². The molecule has 0 spiro atoms. The van der Waals surface area contributed by atoms with Crippen LogP contribution in [0, 0.1) is 0 Å². The molecular formula is C16H32N6O20P4. The number of phosphoric ester groups is 1. The van der Waals surface area contributed by atoms with Crippen molar-refractivity contribution in [1.29, 1.82) is 0 Å². The smallest absolute Gasteiger partial charge is 0.394 e. The van der Waals surface area contributed by atoms with E-state index in [2.05, 4.69) is 32.4 Å². The molecule has 7 atom stereocenters. The number of fused-ring (bicyclic) bond motifs is 1. The van der Waals surface area contributed by atoms with Gasteiger partial charge in [-0.15, -0.1) is 0 Å². The Balaban J connectivity index is 0.000000572. The summed E-state index contributed by atoms with van der Waals surface area (Å²) in [5.74, 6) is -0.227. The minimum Gasteiger partial charge on any atom is -0.394 e. The Kier molecular flexibility index (Phi) is 15.2. The van der Waals surface area contributed by atoms with Crippen LogP contribution in [0.25, 0.3) is 11.2 Å². The zero-order valence-corrected chi connectivity index (χ0v) is 26.7. The highest BCUT2D eigenvalue weighted by molar-refractivity contribution is 7.69. The highest BCUT2D eigenvalue weighted by atomic mass is 31.3. The summed E-state index contributed by atoms with van der Waals surface area (Å²) >= 11 is 0. The number of H-pyrrole nitrogens is 1. The molecule has 1 fully saturated rings. The number of nitrogens with one attached hydrogen (secondary N) is 1. The van der Waals surface area contributed by atoms with Crippen molar-refractivity contribution in [2.45, 2.75) is 31.1 Å². The summed E-state index contributed by atoms with van der Waals surface area (Å²) in [5, 5.41) is 27.0. The fourth-order valence-electron chi connectivity index (χ4n) is 3.29. The van der Waals surface area contributed by atoms with Gasteiger partial charge in [0.15, 0.2) is 11.2 Å². The molecule has 2 aromatic rings. The van der Waals surface area contributed by atoms with E-state index in [9.17, 15) is 37.9 Å². The maximum atomic E-state index is 11.9. The SMILES string of the molecule is NC(O)COCCOCCO.Nc1nc2c(ncn2[C@H]2C[C@H](O)[C@@H](COP(=O)(O)OP(=O)(O)OP(=O)(O)OP(=O)(O)O)O2)c(=O)[nH]1. The highest BCUT2D eigenvalue weighted by Crippen LogP contribution is 2.70.